The molecule has 1 aromatic heterocycles. The van der Waals surface area contributed by atoms with Gasteiger partial charge in [0.2, 0.25) is 5.88 Å². The molecule has 2 saturated heterocycles. The minimum absolute atomic E-state index is 0.0682. The van der Waals surface area contributed by atoms with Gasteiger partial charge in [-0.3, -0.25) is 14.5 Å². The number of hydrogen-bond donors (Lipinski definition) is 1. The maximum atomic E-state index is 13.5. The molecule has 3 heterocycles. The van der Waals surface area contributed by atoms with Gasteiger partial charge in [-0.25, -0.2) is 9.78 Å². The largest absolute Gasteiger partial charge is 0.493 e. The van der Waals surface area contributed by atoms with Crippen molar-refractivity contribution in [2.24, 2.45) is 5.92 Å². The molecule has 0 spiro atoms. The summed E-state index contributed by atoms with van der Waals surface area (Å²) in [5.41, 5.74) is 0.0263. The highest BCUT2D eigenvalue weighted by Crippen LogP contribution is 2.37. The number of rotatable bonds is 7. The van der Waals surface area contributed by atoms with Crippen molar-refractivity contribution in [3.05, 3.63) is 47.7 Å². The molecule has 186 valence electrons. The summed E-state index contributed by atoms with van der Waals surface area (Å²) in [6.07, 6.45) is 2.73. The van der Waals surface area contributed by atoms with Crippen LogP contribution in [0.25, 0.3) is 0 Å². The number of benzene rings is 1. The number of aromatic nitrogens is 1. The molecular weight excluding hydrogens is 452 g/mol. The van der Waals surface area contributed by atoms with Crippen LogP contribution >= 0.6 is 0 Å². The van der Waals surface area contributed by atoms with Crippen molar-refractivity contribution >= 4 is 17.8 Å². The zero-order valence-corrected chi connectivity index (χ0v) is 20.4. The molecule has 2 aromatic rings. The number of imide groups is 1. The molecule has 0 bridgehead atoms. The Balaban J connectivity index is 1.46. The summed E-state index contributed by atoms with van der Waals surface area (Å²) in [7, 11) is 4.54. The van der Waals surface area contributed by atoms with Gasteiger partial charge in [0, 0.05) is 24.8 Å². The summed E-state index contributed by atoms with van der Waals surface area (Å²) >= 11 is 0. The lowest BCUT2D eigenvalue weighted by Gasteiger charge is -2.39. The van der Waals surface area contributed by atoms with Crippen molar-refractivity contribution in [3.63, 3.8) is 0 Å². The first-order valence-corrected chi connectivity index (χ1v) is 11.5. The summed E-state index contributed by atoms with van der Waals surface area (Å²) in [5.74, 6) is 0.742. The summed E-state index contributed by atoms with van der Waals surface area (Å²) in [6, 6.07) is 8.29. The molecule has 4 rings (SSSR count). The number of urea groups is 1. The van der Waals surface area contributed by atoms with Crippen molar-refractivity contribution in [1.29, 1.82) is 0 Å². The van der Waals surface area contributed by atoms with E-state index < -0.39 is 11.6 Å². The van der Waals surface area contributed by atoms with Crippen molar-refractivity contribution in [1.82, 2.24) is 20.1 Å². The highest BCUT2D eigenvalue weighted by molar-refractivity contribution is 6.07. The van der Waals surface area contributed by atoms with Gasteiger partial charge in [0.05, 0.1) is 27.9 Å². The fourth-order valence-corrected chi connectivity index (χ4v) is 4.93. The molecule has 2 aliphatic heterocycles. The van der Waals surface area contributed by atoms with Gasteiger partial charge in [-0.2, -0.15) is 0 Å². The van der Waals surface area contributed by atoms with Crippen LogP contribution in [0.2, 0.25) is 0 Å². The Hall–Kier alpha value is -3.82. The fraction of sp³-hybridized carbons (Fsp3) is 0.440. The predicted molar refractivity (Wildman–Crippen MR) is 126 cm³/mol. The van der Waals surface area contributed by atoms with Gasteiger partial charge in [-0.1, -0.05) is 12.1 Å². The van der Waals surface area contributed by atoms with Crippen LogP contribution in [0, 0.1) is 5.92 Å². The number of piperidine rings is 1. The number of carbonyl (C=O) groups excluding carboxylic acids is 3. The minimum Gasteiger partial charge on any atom is -0.493 e. The first kappa shape index (κ1) is 24.3. The highest BCUT2D eigenvalue weighted by atomic mass is 16.5. The molecule has 0 saturated carbocycles. The molecule has 0 unspecified atom stereocenters. The Morgan fingerprint density at radius 2 is 1.83 bits per heavy atom. The van der Waals surface area contributed by atoms with Crippen molar-refractivity contribution in [3.8, 4) is 17.4 Å². The SMILES string of the molecule is COc1cccc(CN2C(=O)N[C@@](C)(C3CCN(C(=O)c4cccnc4OC)CC3)C2=O)c1OC. The number of amides is 4. The third kappa shape index (κ3) is 4.36. The Morgan fingerprint density at radius 1 is 1.09 bits per heavy atom. The van der Waals surface area contributed by atoms with Crippen LogP contribution < -0.4 is 19.5 Å². The number of pyridine rings is 1. The third-order valence-electron chi connectivity index (χ3n) is 6.91. The zero-order chi connectivity index (χ0) is 25.2. The number of likely N-dealkylation sites (tertiary alicyclic amines) is 1. The topological polar surface area (TPSA) is 110 Å². The number of carbonyl (C=O) groups is 3. The standard InChI is InChI=1S/C25H30N4O6/c1-25(17-10-13-28(14-11-17)22(30)18-8-6-12-26-21(18)35-4)23(31)29(24(32)27-25)15-16-7-5-9-19(33-2)20(16)34-3/h5-9,12,17H,10-11,13-15H2,1-4H3,(H,27,32)/t25-/m0/s1. The summed E-state index contributed by atoms with van der Waals surface area (Å²) < 4.78 is 16.0. The van der Waals surface area contributed by atoms with E-state index >= 15 is 0 Å². The van der Waals surface area contributed by atoms with Gasteiger partial charge in [-0.15, -0.1) is 0 Å². The van der Waals surface area contributed by atoms with Crippen molar-refractivity contribution in [2.75, 3.05) is 34.4 Å². The lowest BCUT2D eigenvalue weighted by Crippen LogP contribution is -2.54. The van der Waals surface area contributed by atoms with E-state index in [1.807, 2.05) is 0 Å². The van der Waals surface area contributed by atoms with Crippen LogP contribution in [0.4, 0.5) is 4.79 Å². The number of ether oxygens (including phenoxy) is 3. The van der Waals surface area contributed by atoms with E-state index in [1.165, 1.54) is 26.2 Å². The van der Waals surface area contributed by atoms with E-state index in [0.717, 1.165) is 0 Å². The molecule has 2 fully saturated rings. The first-order valence-electron chi connectivity index (χ1n) is 11.5. The smallest absolute Gasteiger partial charge is 0.325 e. The minimum atomic E-state index is -1.05. The van der Waals surface area contributed by atoms with E-state index in [-0.39, 0.29) is 30.2 Å². The zero-order valence-electron chi connectivity index (χ0n) is 20.4. The Kier molecular flexibility index (Phi) is 6.81. The number of methoxy groups -OCH3 is 3. The maximum Gasteiger partial charge on any atom is 0.325 e. The van der Waals surface area contributed by atoms with E-state index in [1.54, 1.807) is 48.4 Å². The molecule has 35 heavy (non-hydrogen) atoms. The Labute approximate surface area is 204 Å². The average molecular weight is 483 g/mol. The lowest BCUT2D eigenvalue weighted by atomic mass is 9.78. The highest BCUT2D eigenvalue weighted by Gasteiger charge is 2.53. The molecule has 0 aliphatic carbocycles. The van der Waals surface area contributed by atoms with Gasteiger partial charge in [0.15, 0.2) is 11.5 Å². The van der Waals surface area contributed by atoms with E-state index in [2.05, 4.69) is 10.3 Å². The van der Waals surface area contributed by atoms with Crippen molar-refractivity contribution in [2.45, 2.75) is 31.8 Å². The van der Waals surface area contributed by atoms with Crippen LogP contribution in [0.3, 0.4) is 0 Å². The predicted octanol–water partition coefficient (Wildman–Crippen LogP) is 2.47. The second-order valence-corrected chi connectivity index (χ2v) is 8.80. The summed E-state index contributed by atoms with van der Waals surface area (Å²) in [6.45, 7) is 2.76. The quantitative estimate of drug-likeness (QED) is 0.604. The number of hydrogen-bond acceptors (Lipinski definition) is 7. The van der Waals surface area contributed by atoms with Crippen LogP contribution in [-0.4, -0.2) is 72.6 Å². The molecule has 1 aromatic carbocycles. The van der Waals surface area contributed by atoms with Crippen LogP contribution in [0.5, 0.6) is 17.4 Å². The molecule has 1 atom stereocenters. The molecule has 1 N–H and O–H groups in total. The second kappa shape index (κ2) is 9.81. The normalized spacial score (nSPS) is 20.6. The molecule has 2 aliphatic rings. The number of para-hydroxylation sites is 1. The van der Waals surface area contributed by atoms with Crippen LogP contribution in [0.1, 0.15) is 35.7 Å². The van der Waals surface area contributed by atoms with E-state index in [9.17, 15) is 14.4 Å². The lowest BCUT2D eigenvalue weighted by molar-refractivity contribution is -0.133. The van der Waals surface area contributed by atoms with E-state index in [4.69, 9.17) is 14.2 Å². The van der Waals surface area contributed by atoms with Gasteiger partial charge in [0.1, 0.15) is 11.1 Å². The summed E-state index contributed by atoms with van der Waals surface area (Å²) in [5, 5.41) is 2.91. The van der Waals surface area contributed by atoms with Gasteiger partial charge >= 0.3 is 6.03 Å². The first-order chi connectivity index (χ1) is 16.8. The van der Waals surface area contributed by atoms with Gasteiger partial charge in [0.25, 0.3) is 11.8 Å². The van der Waals surface area contributed by atoms with Crippen LogP contribution in [-0.2, 0) is 11.3 Å². The molecular formula is C25H30N4O6. The fourth-order valence-electron chi connectivity index (χ4n) is 4.93. The Morgan fingerprint density at radius 3 is 2.49 bits per heavy atom. The maximum absolute atomic E-state index is 13.5. The molecule has 4 amide bonds. The second-order valence-electron chi connectivity index (χ2n) is 8.80. The van der Waals surface area contributed by atoms with Gasteiger partial charge in [-0.05, 0) is 43.9 Å². The van der Waals surface area contributed by atoms with E-state index in [0.29, 0.717) is 48.6 Å². The number of nitrogens with one attached hydrogen (secondary N) is 1. The third-order valence-corrected chi connectivity index (χ3v) is 6.91. The average Bonchev–Trinajstić information content (AvgIpc) is 3.11. The molecule has 10 nitrogen and oxygen atoms in total. The number of nitrogens with zero attached hydrogens (tertiary/aromatic N) is 3. The van der Waals surface area contributed by atoms with Gasteiger partial charge < -0.3 is 24.4 Å². The molecule has 10 heteroatoms. The van der Waals surface area contributed by atoms with Crippen molar-refractivity contribution < 1.29 is 28.6 Å². The molecule has 0 radical (unpaired) electrons. The Bertz CT molecular complexity index is 1130. The van der Waals surface area contributed by atoms with Crippen LogP contribution in [0.15, 0.2) is 36.5 Å². The summed E-state index contributed by atoms with van der Waals surface area (Å²) in [4.78, 5) is 46.4. The monoisotopic (exact) mass is 482 g/mol.